The van der Waals surface area contributed by atoms with E-state index in [1.807, 2.05) is 26.0 Å². The molecule has 20 heavy (non-hydrogen) atoms. The maximum absolute atomic E-state index is 10.9. The van der Waals surface area contributed by atoms with Crippen molar-refractivity contribution in [1.82, 2.24) is 4.90 Å². The number of carboxylic acid groups (broad SMARTS) is 1. The van der Waals surface area contributed by atoms with Crippen LogP contribution < -0.4 is 0 Å². The van der Waals surface area contributed by atoms with Gasteiger partial charge in [-0.3, -0.25) is 4.79 Å². The van der Waals surface area contributed by atoms with Gasteiger partial charge in [0.05, 0.1) is 12.0 Å². The van der Waals surface area contributed by atoms with Gasteiger partial charge in [0.15, 0.2) is 0 Å². The number of β-amino-alcohol motifs (C(OH)–C–C–N with tert-alkyl or cyclic N) is 1. The monoisotopic (exact) mass is 277 g/mol. The lowest BCUT2D eigenvalue weighted by Gasteiger charge is -2.31. The van der Waals surface area contributed by atoms with Crippen molar-refractivity contribution in [2.75, 3.05) is 19.6 Å². The van der Waals surface area contributed by atoms with Crippen LogP contribution in [-0.2, 0) is 4.79 Å². The summed E-state index contributed by atoms with van der Waals surface area (Å²) in [5, 5.41) is 19.3. The summed E-state index contributed by atoms with van der Waals surface area (Å²) in [7, 11) is 0. The summed E-state index contributed by atoms with van der Waals surface area (Å²) in [4.78, 5) is 13.1. The van der Waals surface area contributed by atoms with Crippen LogP contribution in [0.2, 0.25) is 0 Å². The zero-order chi connectivity index (χ0) is 14.7. The molecule has 0 amide bonds. The Hall–Kier alpha value is -1.39. The lowest BCUT2D eigenvalue weighted by molar-refractivity contribution is -0.143. The molecule has 0 bridgehead atoms. The Kier molecular flexibility index (Phi) is 4.78. The van der Waals surface area contributed by atoms with E-state index in [1.54, 1.807) is 0 Å². The van der Waals surface area contributed by atoms with Gasteiger partial charge in [-0.1, -0.05) is 23.8 Å². The molecule has 1 heterocycles. The van der Waals surface area contributed by atoms with Crippen LogP contribution in [0, 0.1) is 19.8 Å². The predicted molar refractivity (Wildman–Crippen MR) is 77.7 cm³/mol. The molecule has 4 heteroatoms. The van der Waals surface area contributed by atoms with Gasteiger partial charge >= 0.3 is 5.97 Å². The van der Waals surface area contributed by atoms with Gasteiger partial charge in [-0.25, -0.2) is 0 Å². The van der Waals surface area contributed by atoms with E-state index in [0.717, 1.165) is 24.2 Å². The molecular weight excluding hydrogens is 254 g/mol. The number of rotatable bonds is 4. The molecule has 4 nitrogen and oxygen atoms in total. The zero-order valence-electron chi connectivity index (χ0n) is 12.2. The quantitative estimate of drug-likeness (QED) is 0.885. The molecule has 2 N–H and O–H groups in total. The highest BCUT2D eigenvalue weighted by Gasteiger charge is 2.25. The van der Waals surface area contributed by atoms with Crippen molar-refractivity contribution < 1.29 is 15.0 Å². The number of piperidine rings is 1. The molecule has 0 aliphatic carbocycles. The Morgan fingerprint density at radius 2 is 2.00 bits per heavy atom. The third-order valence-corrected chi connectivity index (χ3v) is 4.15. The first-order chi connectivity index (χ1) is 9.47. The van der Waals surface area contributed by atoms with Crippen LogP contribution in [0.1, 0.15) is 35.6 Å². The molecule has 0 radical (unpaired) electrons. The summed E-state index contributed by atoms with van der Waals surface area (Å²) >= 11 is 0. The number of aliphatic hydroxyl groups excluding tert-OH is 1. The van der Waals surface area contributed by atoms with Gasteiger partial charge in [0.25, 0.3) is 0 Å². The molecule has 1 aliphatic rings. The number of carbonyl (C=O) groups is 1. The average Bonchev–Trinajstić information content (AvgIpc) is 2.39. The maximum atomic E-state index is 10.9. The Morgan fingerprint density at radius 3 is 2.55 bits per heavy atom. The summed E-state index contributed by atoms with van der Waals surface area (Å²) in [6.07, 6.45) is 0.848. The standard InChI is InChI=1S/C16H23NO3/c1-11-3-4-14(12(2)9-11)15(18)10-17-7-5-13(6-8-17)16(19)20/h3-4,9,13,15,18H,5-8,10H2,1-2H3,(H,19,20). The first-order valence-electron chi connectivity index (χ1n) is 7.17. The van der Waals surface area contributed by atoms with Gasteiger partial charge in [0.2, 0.25) is 0 Å². The number of nitrogens with zero attached hydrogens (tertiary/aromatic N) is 1. The molecule has 1 atom stereocenters. The van der Waals surface area contributed by atoms with E-state index < -0.39 is 12.1 Å². The Balaban J connectivity index is 1.92. The highest BCUT2D eigenvalue weighted by Crippen LogP contribution is 2.23. The fourth-order valence-electron chi connectivity index (χ4n) is 2.90. The van der Waals surface area contributed by atoms with E-state index in [2.05, 4.69) is 11.0 Å². The van der Waals surface area contributed by atoms with Crippen molar-refractivity contribution in [1.29, 1.82) is 0 Å². The van der Waals surface area contributed by atoms with E-state index in [9.17, 15) is 9.90 Å². The van der Waals surface area contributed by atoms with Crippen molar-refractivity contribution in [3.63, 3.8) is 0 Å². The minimum atomic E-state index is -0.695. The van der Waals surface area contributed by atoms with E-state index >= 15 is 0 Å². The second-order valence-corrected chi connectivity index (χ2v) is 5.79. The summed E-state index contributed by atoms with van der Waals surface area (Å²) in [6, 6.07) is 6.08. The van der Waals surface area contributed by atoms with Gasteiger partial charge in [0, 0.05) is 6.54 Å². The van der Waals surface area contributed by atoms with Gasteiger partial charge in [-0.2, -0.15) is 0 Å². The number of benzene rings is 1. The third-order valence-electron chi connectivity index (χ3n) is 4.15. The number of likely N-dealkylation sites (tertiary alicyclic amines) is 1. The van der Waals surface area contributed by atoms with Gasteiger partial charge in [-0.15, -0.1) is 0 Å². The van der Waals surface area contributed by atoms with Gasteiger partial charge < -0.3 is 15.1 Å². The Bertz CT molecular complexity index is 479. The lowest BCUT2D eigenvalue weighted by Crippen LogP contribution is -2.38. The summed E-state index contributed by atoms with van der Waals surface area (Å²) in [6.45, 7) is 6.14. The molecule has 110 valence electrons. The molecule has 0 spiro atoms. The predicted octanol–water partition coefficient (Wildman–Crippen LogP) is 2.13. The molecule has 1 aromatic carbocycles. The van der Waals surface area contributed by atoms with E-state index in [0.29, 0.717) is 19.4 Å². The molecule has 1 aromatic rings. The first kappa shape index (κ1) is 15.0. The number of hydrogen-bond acceptors (Lipinski definition) is 3. The van der Waals surface area contributed by atoms with Crippen molar-refractivity contribution in [3.8, 4) is 0 Å². The number of aryl methyl sites for hydroxylation is 2. The molecule has 0 saturated carbocycles. The zero-order valence-corrected chi connectivity index (χ0v) is 12.2. The van der Waals surface area contributed by atoms with Crippen LogP contribution in [0.25, 0.3) is 0 Å². The first-order valence-corrected chi connectivity index (χ1v) is 7.17. The van der Waals surface area contributed by atoms with Crippen LogP contribution >= 0.6 is 0 Å². The van der Waals surface area contributed by atoms with Crippen molar-refractivity contribution in [2.24, 2.45) is 5.92 Å². The molecule has 1 fully saturated rings. The second-order valence-electron chi connectivity index (χ2n) is 5.79. The molecule has 1 saturated heterocycles. The minimum Gasteiger partial charge on any atom is -0.481 e. The van der Waals surface area contributed by atoms with Crippen molar-refractivity contribution in [3.05, 3.63) is 34.9 Å². The SMILES string of the molecule is Cc1ccc(C(O)CN2CCC(C(=O)O)CC2)c(C)c1. The molecule has 1 unspecified atom stereocenters. The topological polar surface area (TPSA) is 60.8 Å². The van der Waals surface area contributed by atoms with E-state index in [-0.39, 0.29) is 5.92 Å². The summed E-state index contributed by atoms with van der Waals surface area (Å²) in [5.74, 6) is -0.913. The maximum Gasteiger partial charge on any atom is 0.306 e. The number of aliphatic carboxylic acids is 1. The highest BCUT2D eigenvalue weighted by atomic mass is 16.4. The van der Waals surface area contributed by atoms with E-state index in [4.69, 9.17) is 5.11 Å². The fraction of sp³-hybridized carbons (Fsp3) is 0.562. The van der Waals surface area contributed by atoms with Crippen LogP contribution in [-0.4, -0.2) is 40.7 Å². The molecular formula is C16H23NO3. The lowest BCUT2D eigenvalue weighted by atomic mass is 9.96. The Labute approximate surface area is 120 Å². The van der Waals surface area contributed by atoms with Crippen LogP contribution in [0.3, 0.4) is 0 Å². The van der Waals surface area contributed by atoms with Gasteiger partial charge in [-0.05, 0) is 50.9 Å². The minimum absolute atomic E-state index is 0.218. The van der Waals surface area contributed by atoms with Gasteiger partial charge in [0.1, 0.15) is 0 Å². The highest BCUT2D eigenvalue weighted by molar-refractivity contribution is 5.70. The summed E-state index contributed by atoms with van der Waals surface area (Å²) in [5.41, 5.74) is 3.27. The largest absolute Gasteiger partial charge is 0.481 e. The Morgan fingerprint density at radius 1 is 1.35 bits per heavy atom. The molecule has 0 aromatic heterocycles. The fourth-order valence-corrected chi connectivity index (χ4v) is 2.90. The molecule has 2 rings (SSSR count). The average molecular weight is 277 g/mol. The normalized spacial score (nSPS) is 18.9. The second kappa shape index (κ2) is 6.37. The third kappa shape index (κ3) is 3.58. The molecule has 1 aliphatic heterocycles. The number of carboxylic acids is 1. The smallest absolute Gasteiger partial charge is 0.306 e. The number of aliphatic hydroxyl groups is 1. The number of hydrogen-bond donors (Lipinski definition) is 2. The van der Waals surface area contributed by atoms with E-state index in [1.165, 1.54) is 5.56 Å². The van der Waals surface area contributed by atoms with Crippen molar-refractivity contribution in [2.45, 2.75) is 32.8 Å². The summed E-state index contributed by atoms with van der Waals surface area (Å²) < 4.78 is 0. The van der Waals surface area contributed by atoms with Crippen LogP contribution in [0.4, 0.5) is 0 Å². The van der Waals surface area contributed by atoms with Crippen molar-refractivity contribution >= 4 is 5.97 Å². The van der Waals surface area contributed by atoms with Crippen LogP contribution in [0.15, 0.2) is 18.2 Å². The van der Waals surface area contributed by atoms with Crippen LogP contribution in [0.5, 0.6) is 0 Å².